The highest BCUT2D eigenvalue weighted by Gasteiger charge is 2.31. The van der Waals surface area contributed by atoms with E-state index in [2.05, 4.69) is 0 Å². The summed E-state index contributed by atoms with van der Waals surface area (Å²) in [5, 5.41) is 0. The van der Waals surface area contributed by atoms with Gasteiger partial charge in [-0.05, 0) is 37.5 Å². The van der Waals surface area contributed by atoms with Gasteiger partial charge in [-0.1, -0.05) is 12.1 Å². The van der Waals surface area contributed by atoms with Crippen LogP contribution >= 0.6 is 0 Å². The van der Waals surface area contributed by atoms with Crippen LogP contribution in [0.5, 0.6) is 5.75 Å². The Morgan fingerprint density at radius 2 is 2.04 bits per heavy atom. The van der Waals surface area contributed by atoms with Crippen molar-refractivity contribution in [3.63, 3.8) is 0 Å². The third-order valence-electron chi connectivity index (χ3n) is 4.53. The molecule has 1 fully saturated rings. The number of methoxy groups -OCH3 is 1. The van der Waals surface area contributed by atoms with Gasteiger partial charge in [0, 0.05) is 33.1 Å². The summed E-state index contributed by atoms with van der Waals surface area (Å²) in [5.41, 5.74) is 1.16. The van der Waals surface area contributed by atoms with Crippen molar-refractivity contribution in [2.45, 2.75) is 26.2 Å². The van der Waals surface area contributed by atoms with Gasteiger partial charge in [0.15, 0.2) is 0 Å². The molecule has 1 atom stereocenters. The van der Waals surface area contributed by atoms with E-state index in [-0.39, 0.29) is 17.7 Å². The molecule has 1 heterocycles. The summed E-state index contributed by atoms with van der Waals surface area (Å²) in [6, 6.07) is 7.88. The SMILES string of the molecule is CCN(C)C(=O)[C@@H]1CCC(=O)N(CCc2ccc(OC)cc2)C1. The normalized spacial score (nSPS) is 18.0. The molecule has 1 aromatic carbocycles. The molecular formula is C18H26N2O3. The van der Waals surface area contributed by atoms with Crippen LogP contribution < -0.4 is 4.74 Å². The Morgan fingerprint density at radius 1 is 1.35 bits per heavy atom. The molecule has 1 aliphatic heterocycles. The van der Waals surface area contributed by atoms with Gasteiger partial charge in [0.05, 0.1) is 13.0 Å². The first-order chi connectivity index (χ1) is 11.0. The van der Waals surface area contributed by atoms with Gasteiger partial charge in [-0.3, -0.25) is 9.59 Å². The van der Waals surface area contributed by atoms with Gasteiger partial charge in [-0.15, -0.1) is 0 Å². The smallest absolute Gasteiger partial charge is 0.227 e. The number of benzene rings is 1. The van der Waals surface area contributed by atoms with Crippen LogP contribution in [0, 0.1) is 5.92 Å². The van der Waals surface area contributed by atoms with Gasteiger partial charge < -0.3 is 14.5 Å². The van der Waals surface area contributed by atoms with Crippen molar-refractivity contribution in [3.8, 4) is 5.75 Å². The minimum atomic E-state index is -0.0616. The van der Waals surface area contributed by atoms with E-state index in [0.29, 0.717) is 32.5 Å². The first kappa shape index (κ1) is 17.3. The van der Waals surface area contributed by atoms with E-state index in [9.17, 15) is 9.59 Å². The second-order valence-corrected chi connectivity index (χ2v) is 6.03. The molecule has 5 heteroatoms. The highest BCUT2D eigenvalue weighted by molar-refractivity contribution is 5.83. The lowest BCUT2D eigenvalue weighted by atomic mass is 9.95. The Labute approximate surface area is 138 Å². The predicted octanol–water partition coefficient (Wildman–Crippen LogP) is 1.95. The maximum Gasteiger partial charge on any atom is 0.227 e. The summed E-state index contributed by atoms with van der Waals surface area (Å²) in [5.74, 6) is 1.07. The van der Waals surface area contributed by atoms with Crippen LogP contribution in [-0.4, -0.2) is 55.4 Å². The molecule has 0 bridgehead atoms. The van der Waals surface area contributed by atoms with E-state index in [0.717, 1.165) is 17.7 Å². The fourth-order valence-electron chi connectivity index (χ4n) is 2.86. The van der Waals surface area contributed by atoms with Crippen molar-refractivity contribution in [2.75, 3.05) is 33.8 Å². The lowest BCUT2D eigenvalue weighted by Gasteiger charge is -2.33. The molecule has 1 aliphatic rings. The number of carbonyl (C=O) groups excluding carboxylic acids is 2. The number of rotatable bonds is 6. The van der Waals surface area contributed by atoms with Gasteiger partial charge in [-0.25, -0.2) is 0 Å². The number of hydrogen-bond acceptors (Lipinski definition) is 3. The van der Waals surface area contributed by atoms with Crippen LogP contribution in [0.3, 0.4) is 0 Å². The van der Waals surface area contributed by atoms with Crippen molar-refractivity contribution < 1.29 is 14.3 Å². The second-order valence-electron chi connectivity index (χ2n) is 6.03. The summed E-state index contributed by atoms with van der Waals surface area (Å²) in [4.78, 5) is 28.0. The van der Waals surface area contributed by atoms with E-state index >= 15 is 0 Å². The summed E-state index contributed by atoms with van der Waals surface area (Å²) < 4.78 is 5.15. The van der Waals surface area contributed by atoms with Gasteiger partial charge in [0.2, 0.25) is 11.8 Å². The first-order valence-corrected chi connectivity index (χ1v) is 8.20. The third kappa shape index (κ3) is 4.47. The van der Waals surface area contributed by atoms with Gasteiger partial charge in [-0.2, -0.15) is 0 Å². The quantitative estimate of drug-likeness (QED) is 0.805. The maximum atomic E-state index is 12.3. The average Bonchev–Trinajstić information content (AvgIpc) is 2.60. The molecule has 0 N–H and O–H groups in total. The zero-order valence-electron chi connectivity index (χ0n) is 14.2. The molecule has 2 rings (SSSR count). The summed E-state index contributed by atoms with van der Waals surface area (Å²) in [7, 11) is 3.46. The minimum absolute atomic E-state index is 0.0616. The van der Waals surface area contributed by atoms with E-state index in [4.69, 9.17) is 4.74 Å². The van der Waals surface area contributed by atoms with E-state index in [1.165, 1.54) is 0 Å². The second kappa shape index (κ2) is 7.99. The molecule has 126 valence electrons. The monoisotopic (exact) mass is 318 g/mol. The summed E-state index contributed by atoms with van der Waals surface area (Å²) >= 11 is 0. The van der Waals surface area contributed by atoms with Crippen molar-refractivity contribution >= 4 is 11.8 Å². The third-order valence-corrected chi connectivity index (χ3v) is 4.53. The standard InChI is InChI=1S/C18H26N2O3/c1-4-19(2)18(22)15-7-10-17(21)20(13-15)12-11-14-5-8-16(23-3)9-6-14/h5-6,8-9,15H,4,7,10-13H2,1-3H3/t15-/m1/s1. The topological polar surface area (TPSA) is 49.9 Å². The molecule has 23 heavy (non-hydrogen) atoms. The molecule has 1 aromatic rings. The lowest BCUT2D eigenvalue weighted by Crippen LogP contribution is -2.46. The largest absolute Gasteiger partial charge is 0.497 e. The highest BCUT2D eigenvalue weighted by atomic mass is 16.5. The van der Waals surface area contributed by atoms with E-state index in [1.54, 1.807) is 12.0 Å². The number of likely N-dealkylation sites (tertiary alicyclic amines) is 1. The Kier molecular flexibility index (Phi) is 6.02. The molecule has 0 unspecified atom stereocenters. The molecular weight excluding hydrogens is 292 g/mol. The molecule has 5 nitrogen and oxygen atoms in total. The van der Waals surface area contributed by atoms with Gasteiger partial charge in [0.1, 0.15) is 5.75 Å². The number of hydrogen-bond donors (Lipinski definition) is 0. The molecule has 0 aromatic heterocycles. The predicted molar refractivity (Wildman–Crippen MR) is 89.3 cm³/mol. The number of amides is 2. The molecule has 0 saturated carbocycles. The van der Waals surface area contributed by atoms with Crippen LogP contribution in [0.2, 0.25) is 0 Å². The number of carbonyl (C=O) groups is 2. The highest BCUT2D eigenvalue weighted by Crippen LogP contribution is 2.20. The Hall–Kier alpha value is -2.04. The van der Waals surface area contributed by atoms with Crippen LogP contribution in [-0.2, 0) is 16.0 Å². The summed E-state index contributed by atoms with van der Waals surface area (Å²) in [6.45, 7) is 3.87. The fraction of sp³-hybridized carbons (Fsp3) is 0.556. The fourth-order valence-corrected chi connectivity index (χ4v) is 2.86. The average molecular weight is 318 g/mol. The van der Waals surface area contributed by atoms with Crippen LogP contribution in [0.25, 0.3) is 0 Å². The molecule has 0 radical (unpaired) electrons. The van der Waals surface area contributed by atoms with Crippen LogP contribution in [0.1, 0.15) is 25.3 Å². The van der Waals surface area contributed by atoms with Crippen LogP contribution in [0.4, 0.5) is 0 Å². The minimum Gasteiger partial charge on any atom is -0.497 e. The molecule has 1 saturated heterocycles. The van der Waals surface area contributed by atoms with Crippen LogP contribution in [0.15, 0.2) is 24.3 Å². The van der Waals surface area contributed by atoms with Crippen molar-refractivity contribution in [1.82, 2.24) is 9.80 Å². The van der Waals surface area contributed by atoms with Crippen molar-refractivity contribution in [3.05, 3.63) is 29.8 Å². The van der Waals surface area contributed by atoms with Crippen molar-refractivity contribution in [2.24, 2.45) is 5.92 Å². The molecule has 0 spiro atoms. The number of nitrogens with zero attached hydrogens (tertiary/aromatic N) is 2. The zero-order valence-corrected chi connectivity index (χ0v) is 14.2. The molecule has 2 amide bonds. The van der Waals surface area contributed by atoms with Crippen molar-refractivity contribution in [1.29, 1.82) is 0 Å². The Morgan fingerprint density at radius 3 is 2.65 bits per heavy atom. The lowest BCUT2D eigenvalue weighted by molar-refractivity contribution is -0.142. The summed E-state index contributed by atoms with van der Waals surface area (Å²) in [6.07, 6.45) is 1.93. The van der Waals surface area contributed by atoms with Gasteiger partial charge >= 0.3 is 0 Å². The van der Waals surface area contributed by atoms with E-state index < -0.39 is 0 Å². The Bertz CT molecular complexity index is 542. The van der Waals surface area contributed by atoms with Gasteiger partial charge in [0.25, 0.3) is 0 Å². The number of piperidine rings is 1. The van der Waals surface area contributed by atoms with E-state index in [1.807, 2.05) is 43.1 Å². The maximum absolute atomic E-state index is 12.3. The number of ether oxygens (including phenoxy) is 1. The Balaban J connectivity index is 1.92. The zero-order chi connectivity index (χ0) is 16.8. The molecule has 0 aliphatic carbocycles. The first-order valence-electron chi connectivity index (χ1n) is 8.20.